The Labute approximate surface area is 139 Å². The molecule has 0 aromatic carbocycles. The lowest BCUT2D eigenvalue weighted by molar-refractivity contribution is -0.148. The lowest BCUT2D eigenvalue weighted by atomic mass is 9.50. The first-order chi connectivity index (χ1) is 9.60. The summed E-state index contributed by atoms with van der Waals surface area (Å²) in [5.74, 6) is 0.688. The summed E-state index contributed by atoms with van der Waals surface area (Å²) in [6.45, 7) is 25.3. The van der Waals surface area contributed by atoms with Crippen LogP contribution in [0.15, 0.2) is 0 Å². The minimum absolute atomic E-state index is 0.0942. The van der Waals surface area contributed by atoms with Gasteiger partial charge in [0.2, 0.25) is 5.91 Å². The Balaban J connectivity index is 5.76. The average Bonchev–Trinajstić information content (AvgIpc) is 2.32. The second-order valence-corrected chi connectivity index (χ2v) is 10.0. The number of carbonyl (C=O) groups excluding carboxylic acids is 1. The normalized spacial score (nSPS) is 16.5. The molecule has 1 amide bonds. The Morgan fingerprint density at radius 1 is 0.955 bits per heavy atom. The van der Waals surface area contributed by atoms with Crippen molar-refractivity contribution in [2.24, 2.45) is 27.6 Å². The maximum atomic E-state index is 13.1. The van der Waals surface area contributed by atoms with Crippen molar-refractivity contribution >= 4 is 5.91 Å². The van der Waals surface area contributed by atoms with E-state index in [0.29, 0.717) is 5.92 Å². The fourth-order valence-electron chi connectivity index (χ4n) is 3.33. The summed E-state index contributed by atoms with van der Waals surface area (Å²) >= 11 is 0. The molecule has 0 saturated carbocycles. The number of rotatable bonds is 7. The molecule has 0 bridgehead atoms. The third-order valence-corrected chi connectivity index (χ3v) is 6.01. The minimum atomic E-state index is -0.389. The molecule has 2 nitrogen and oxygen atoms in total. The van der Waals surface area contributed by atoms with Gasteiger partial charge in [0.15, 0.2) is 0 Å². The molecule has 2 heteroatoms. The van der Waals surface area contributed by atoms with Gasteiger partial charge in [-0.2, -0.15) is 0 Å². The van der Waals surface area contributed by atoms with Crippen molar-refractivity contribution in [1.82, 2.24) is 5.32 Å². The highest BCUT2D eigenvalue weighted by Crippen LogP contribution is 2.57. The quantitative estimate of drug-likeness (QED) is 0.645. The van der Waals surface area contributed by atoms with E-state index >= 15 is 0 Å². The average molecular weight is 312 g/mol. The van der Waals surface area contributed by atoms with Crippen molar-refractivity contribution in [1.29, 1.82) is 0 Å². The van der Waals surface area contributed by atoms with Gasteiger partial charge in [0.05, 0.1) is 5.41 Å². The van der Waals surface area contributed by atoms with Crippen LogP contribution in [0.4, 0.5) is 0 Å². The van der Waals surface area contributed by atoms with Crippen molar-refractivity contribution in [2.75, 3.05) is 6.54 Å². The van der Waals surface area contributed by atoms with Crippen molar-refractivity contribution < 1.29 is 4.79 Å². The zero-order valence-corrected chi connectivity index (χ0v) is 17.1. The van der Waals surface area contributed by atoms with E-state index in [1.807, 2.05) is 0 Å². The van der Waals surface area contributed by atoms with Gasteiger partial charge in [0, 0.05) is 6.54 Å². The molecular weight excluding hydrogens is 270 g/mol. The maximum absolute atomic E-state index is 13.1. The van der Waals surface area contributed by atoms with Gasteiger partial charge in [-0.3, -0.25) is 4.79 Å². The van der Waals surface area contributed by atoms with Gasteiger partial charge in [-0.15, -0.1) is 0 Å². The van der Waals surface area contributed by atoms with E-state index in [2.05, 4.69) is 81.5 Å². The molecule has 0 heterocycles. The van der Waals surface area contributed by atoms with Gasteiger partial charge in [-0.25, -0.2) is 0 Å². The predicted octanol–water partition coefficient (Wildman–Crippen LogP) is 5.66. The first-order valence-corrected chi connectivity index (χ1v) is 8.89. The van der Waals surface area contributed by atoms with Crippen LogP contribution in [0.1, 0.15) is 89.0 Å². The van der Waals surface area contributed by atoms with Gasteiger partial charge in [-0.05, 0) is 28.6 Å². The van der Waals surface area contributed by atoms with E-state index in [1.165, 1.54) is 0 Å². The molecule has 0 fully saturated rings. The van der Waals surface area contributed by atoms with Crippen molar-refractivity contribution in [2.45, 2.75) is 89.0 Å². The van der Waals surface area contributed by atoms with Crippen LogP contribution in [-0.2, 0) is 4.79 Å². The van der Waals surface area contributed by atoms with Crippen LogP contribution in [0.2, 0.25) is 0 Å². The molecule has 0 aromatic rings. The fraction of sp³-hybridized carbons (Fsp3) is 0.950. The Kier molecular flexibility index (Phi) is 6.76. The molecule has 0 aromatic heterocycles. The third kappa shape index (κ3) is 4.73. The molecule has 0 aliphatic carbocycles. The highest BCUT2D eigenvalue weighted by atomic mass is 16.2. The SMILES string of the molecule is CCC(C)(C)C(C)(C)C(C)(CC(C)(C)C)C(=O)NCC(C)C. The summed E-state index contributed by atoms with van der Waals surface area (Å²) in [5, 5.41) is 3.21. The molecule has 0 spiro atoms. The van der Waals surface area contributed by atoms with Crippen LogP contribution in [0.25, 0.3) is 0 Å². The highest BCUT2D eigenvalue weighted by Gasteiger charge is 2.54. The van der Waals surface area contributed by atoms with E-state index in [4.69, 9.17) is 0 Å². The smallest absolute Gasteiger partial charge is 0.226 e. The highest BCUT2D eigenvalue weighted by molar-refractivity contribution is 5.83. The first kappa shape index (κ1) is 21.5. The van der Waals surface area contributed by atoms with Crippen LogP contribution in [0.3, 0.4) is 0 Å². The van der Waals surface area contributed by atoms with Gasteiger partial charge in [0.1, 0.15) is 0 Å². The Bertz CT molecular complexity index is 374. The van der Waals surface area contributed by atoms with Gasteiger partial charge in [-0.1, -0.05) is 82.6 Å². The second-order valence-electron chi connectivity index (χ2n) is 10.0. The van der Waals surface area contributed by atoms with Gasteiger partial charge < -0.3 is 5.32 Å². The predicted molar refractivity (Wildman–Crippen MR) is 97.9 cm³/mol. The molecule has 0 aliphatic heterocycles. The molecular formula is C20H41NO. The van der Waals surface area contributed by atoms with E-state index < -0.39 is 0 Å². The number of hydrogen-bond acceptors (Lipinski definition) is 1. The summed E-state index contributed by atoms with van der Waals surface area (Å²) in [4.78, 5) is 13.1. The third-order valence-electron chi connectivity index (χ3n) is 6.01. The lowest BCUT2D eigenvalue weighted by Crippen LogP contribution is -2.55. The fourth-order valence-corrected chi connectivity index (χ4v) is 3.33. The summed E-state index contributed by atoms with van der Waals surface area (Å²) < 4.78 is 0. The van der Waals surface area contributed by atoms with Crippen LogP contribution in [0, 0.1) is 27.6 Å². The van der Waals surface area contributed by atoms with E-state index in [0.717, 1.165) is 19.4 Å². The van der Waals surface area contributed by atoms with Crippen LogP contribution in [0.5, 0.6) is 0 Å². The van der Waals surface area contributed by atoms with E-state index in [9.17, 15) is 4.79 Å². The van der Waals surface area contributed by atoms with Gasteiger partial charge >= 0.3 is 0 Å². The topological polar surface area (TPSA) is 29.1 Å². The molecule has 1 unspecified atom stereocenters. The summed E-state index contributed by atoms with van der Waals surface area (Å²) in [7, 11) is 0. The Morgan fingerprint density at radius 2 is 1.41 bits per heavy atom. The number of carbonyl (C=O) groups is 1. The zero-order valence-electron chi connectivity index (χ0n) is 17.1. The van der Waals surface area contributed by atoms with E-state index in [-0.39, 0.29) is 27.6 Å². The molecule has 0 aliphatic rings. The molecule has 1 atom stereocenters. The Hall–Kier alpha value is -0.530. The van der Waals surface area contributed by atoms with E-state index in [1.54, 1.807) is 0 Å². The van der Waals surface area contributed by atoms with Crippen LogP contribution < -0.4 is 5.32 Å². The summed E-state index contributed by atoms with van der Waals surface area (Å²) in [5.41, 5.74) is -0.268. The Morgan fingerprint density at radius 3 is 1.73 bits per heavy atom. The minimum Gasteiger partial charge on any atom is -0.355 e. The van der Waals surface area contributed by atoms with Gasteiger partial charge in [0.25, 0.3) is 0 Å². The molecule has 1 N–H and O–H groups in total. The molecule has 0 saturated heterocycles. The zero-order chi connectivity index (χ0) is 18.0. The number of nitrogens with one attached hydrogen (secondary N) is 1. The summed E-state index contributed by atoms with van der Waals surface area (Å²) in [6, 6.07) is 0. The molecule has 0 rings (SSSR count). The summed E-state index contributed by atoms with van der Waals surface area (Å²) in [6.07, 6.45) is 1.96. The van der Waals surface area contributed by atoms with Crippen molar-refractivity contribution in [3.05, 3.63) is 0 Å². The molecule has 22 heavy (non-hydrogen) atoms. The van der Waals surface area contributed by atoms with Crippen molar-refractivity contribution in [3.8, 4) is 0 Å². The molecule has 0 radical (unpaired) electrons. The lowest BCUT2D eigenvalue weighted by Gasteiger charge is -2.54. The second kappa shape index (κ2) is 6.93. The standard InChI is InChI=1S/C20H41NO/c1-12-18(7,8)19(9,10)20(11,14-17(4,5)6)16(22)21-13-15(2)3/h15H,12-14H2,1-11H3,(H,21,22). The first-order valence-electron chi connectivity index (χ1n) is 8.89. The number of amides is 1. The number of hydrogen-bond donors (Lipinski definition) is 1. The largest absolute Gasteiger partial charge is 0.355 e. The molecule has 132 valence electrons. The van der Waals surface area contributed by atoms with Crippen LogP contribution in [-0.4, -0.2) is 12.5 Å². The maximum Gasteiger partial charge on any atom is 0.226 e. The van der Waals surface area contributed by atoms with Crippen LogP contribution >= 0.6 is 0 Å². The van der Waals surface area contributed by atoms with Crippen molar-refractivity contribution in [3.63, 3.8) is 0 Å². The monoisotopic (exact) mass is 311 g/mol.